The Hall–Kier alpha value is -2.69. The molecule has 3 aromatic rings. The molecule has 2 amide bonds. The molecule has 166 valence electrons. The Labute approximate surface area is 184 Å². The summed E-state index contributed by atoms with van der Waals surface area (Å²) in [7, 11) is -2.32. The lowest BCUT2D eigenvalue weighted by molar-refractivity contribution is -0.140. The number of rotatable bonds is 7. The zero-order valence-electron chi connectivity index (χ0n) is 17.7. The van der Waals surface area contributed by atoms with Crippen LogP contribution in [0.3, 0.4) is 0 Å². The molecule has 10 heteroatoms. The number of hydrogen-bond acceptors (Lipinski definition) is 5. The number of hydrogen-bond donors (Lipinski definition) is 3. The molecular weight excluding hydrogens is 438 g/mol. The second-order valence-corrected chi connectivity index (χ2v) is 10.3. The average Bonchev–Trinajstić information content (AvgIpc) is 3.08. The first kappa shape index (κ1) is 23.0. The highest BCUT2D eigenvalue weighted by Crippen LogP contribution is 2.37. The van der Waals surface area contributed by atoms with Gasteiger partial charge in [-0.05, 0) is 37.1 Å². The zero-order valence-corrected chi connectivity index (χ0v) is 19.3. The number of benzene rings is 2. The Morgan fingerprint density at radius 2 is 1.71 bits per heavy atom. The number of carboxylic acids is 1. The summed E-state index contributed by atoms with van der Waals surface area (Å²) < 4.78 is 29.5. The zero-order chi connectivity index (χ0) is 22.9. The van der Waals surface area contributed by atoms with Gasteiger partial charge in [-0.25, -0.2) is 13.2 Å². The SMILES string of the molecule is CCNC(=O)N(C)c1ccc2c(c1)sc1cc(S(=O)(=O)N[C@H](C(=O)O)C(C)C)ccc12. The van der Waals surface area contributed by atoms with Gasteiger partial charge in [0.05, 0.1) is 4.90 Å². The van der Waals surface area contributed by atoms with Crippen molar-refractivity contribution in [2.24, 2.45) is 5.92 Å². The van der Waals surface area contributed by atoms with Crippen molar-refractivity contribution in [2.75, 3.05) is 18.5 Å². The minimum absolute atomic E-state index is 0.0121. The fraction of sp³-hybridized carbons (Fsp3) is 0.333. The van der Waals surface area contributed by atoms with Crippen molar-refractivity contribution in [2.45, 2.75) is 31.7 Å². The van der Waals surface area contributed by atoms with E-state index in [1.54, 1.807) is 33.0 Å². The number of thiophene rings is 1. The second kappa shape index (κ2) is 8.81. The molecule has 0 unspecified atom stereocenters. The van der Waals surface area contributed by atoms with Crippen molar-refractivity contribution >= 4 is 59.2 Å². The van der Waals surface area contributed by atoms with E-state index in [0.717, 1.165) is 25.9 Å². The lowest BCUT2D eigenvalue weighted by atomic mass is 10.1. The van der Waals surface area contributed by atoms with Crippen LogP contribution in [0.25, 0.3) is 20.2 Å². The van der Waals surface area contributed by atoms with Gasteiger partial charge in [-0.3, -0.25) is 9.69 Å². The standard InChI is InChI=1S/C21H25N3O5S2/c1-5-22-21(27)24(4)13-6-8-15-16-9-7-14(11-18(16)30-17(15)10-13)31(28,29)23-19(12(2)3)20(25)26/h6-12,19,23H,5H2,1-4H3,(H,22,27)(H,25,26)/t19-/m0/s1. The quantitative estimate of drug-likeness (QED) is 0.495. The van der Waals surface area contributed by atoms with Crippen LogP contribution in [-0.2, 0) is 14.8 Å². The molecule has 3 N–H and O–H groups in total. The molecule has 1 heterocycles. The van der Waals surface area contributed by atoms with E-state index in [2.05, 4.69) is 10.0 Å². The van der Waals surface area contributed by atoms with Crippen molar-refractivity contribution in [3.8, 4) is 0 Å². The number of amides is 2. The maximum Gasteiger partial charge on any atom is 0.322 e. The van der Waals surface area contributed by atoms with Crippen LogP contribution >= 0.6 is 11.3 Å². The van der Waals surface area contributed by atoms with Crippen LogP contribution in [0.1, 0.15) is 20.8 Å². The molecule has 0 bridgehead atoms. The third kappa shape index (κ3) is 4.65. The van der Waals surface area contributed by atoms with Crippen LogP contribution in [0.2, 0.25) is 0 Å². The van der Waals surface area contributed by atoms with E-state index in [9.17, 15) is 23.1 Å². The minimum Gasteiger partial charge on any atom is -0.480 e. The fourth-order valence-electron chi connectivity index (χ4n) is 3.22. The first-order valence-electron chi connectivity index (χ1n) is 9.78. The number of carbonyl (C=O) groups excluding carboxylic acids is 1. The van der Waals surface area contributed by atoms with Crippen LogP contribution < -0.4 is 14.9 Å². The Kier molecular flexibility index (Phi) is 6.54. The van der Waals surface area contributed by atoms with Crippen molar-refractivity contribution in [3.63, 3.8) is 0 Å². The van der Waals surface area contributed by atoms with Gasteiger partial charge in [0, 0.05) is 39.5 Å². The summed E-state index contributed by atoms with van der Waals surface area (Å²) in [6, 6.07) is 8.97. The Bertz CT molecular complexity index is 1250. The first-order valence-corrected chi connectivity index (χ1v) is 12.1. The predicted molar refractivity (Wildman–Crippen MR) is 123 cm³/mol. The molecule has 0 aliphatic rings. The van der Waals surface area contributed by atoms with Crippen LogP contribution in [0.15, 0.2) is 41.3 Å². The molecule has 8 nitrogen and oxygen atoms in total. The average molecular weight is 464 g/mol. The minimum atomic E-state index is -4.00. The van der Waals surface area contributed by atoms with E-state index in [0.29, 0.717) is 6.54 Å². The maximum absolute atomic E-state index is 12.8. The van der Waals surface area contributed by atoms with Crippen molar-refractivity contribution in [1.82, 2.24) is 10.0 Å². The molecule has 1 atom stereocenters. The van der Waals surface area contributed by atoms with Gasteiger partial charge in [0.1, 0.15) is 6.04 Å². The van der Waals surface area contributed by atoms with E-state index < -0.39 is 28.0 Å². The number of sulfonamides is 1. The number of urea groups is 1. The highest BCUT2D eigenvalue weighted by molar-refractivity contribution is 7.89. The fourth-order valence-corrected chi connectivity index (χ4v) is 5.83. The normalized spacial score (nSPS) is 12.9. The van der Waals surface area contributed by atoms with E-state index >= 15 is 0 Å². The molecule has 0 spiro atoms. The molecule has 0 radical (unpaired) electrons. The number of carbonyl (C=O) groups is 2. The van der Waals surface area contributed by atoms with E-state index in [1.165, 1.54) is 22.3 Å². The van der Waals surface area contributed by atoms with Gasteiger partial charge < -0.3 is 10.4 Å². The van der Waals surface area contributed by atoms with Gasteiger partial charge in [-0.2, -0.15) is 4.72 Å². The number of fused-ring (bicyclic) bond motifs is 3. The number of carboxylic acid groups (broad SMARTS) is 1. The smallest absolute Gasteiger partial charge is 0.322 e. The van der Waals surface area contributed by atoms with E-state index in [1.807, 2.05) is 25.1 Å². The van der Waals surface area contributed by atoms with Crippen LogP contribution in [0.5, 0.6) is 0 Å². The summed E-state index contributed by atoms with van der Waals surface area (Å²) in [4.78, 5) is 25.0. The highest BCUT2D eigenvalue weighted by Gasteiger charge is 2.28. The third-order valence-electron chi connectivity index (χ3n) is 4.97. The summed E-state index contributed by atoms with van der Waals surface area (Å²) in [5.74, 6) is -1.62. The molecular formula is C21H25N3O5S2. The third-order valence-corrected chi connectivity index (χ3v) is 7.53. The molecule has 0 fully saturated rings. The Morgan fingerprint density at radius 3 is 2.29 bits per heavy atom. The number of nitrogens with zero attached hydrogens (tertiary/aromatic N) is 1. The molecule has 0 aliphatic carbocycles. The summed E-state index contributed by atoms with van der Waals surface area (Å²) in [5.41, 5.74) is 0.723. The van der Waals surface area contributed by atoms with Crippen molar-refractivity contribution in [1.29, 1.82) is 0 Å². The van der Waals surface area contributed by atoms with Gasteiger partial charge in [-0.1, -0.05) is 26.0 Å². The van der Waals surface area contributed by atoms with E-state index in [-0.39, 0.29) is 10.9 Å². The van der Waals surface area contributed by atoms with Gasteiger partial charge in [-0.15, -0.1) is 11.3 Å². The molecule has 0 saturated carbocycles. The van der Waals surface area contributed by atoms with E-state index in [4.69, 9.17) is 0 Å². The maximum atomic E-state index is 12.8. The van der Waals surface area contributed by atoms with Crippen LogP contribution in [-0.4, -0.2) is 45.2 Å². The molecule has 3 rings (SSSR count). The largest absolute Gasteiger partial charge is 0.480 e. The van der Waals surface area contributed by atoms with Gasteiger partial charge >= 0.3 is 12.0 Å². The van der Waals surface area contributed by atoms with Crippen LogP contribution in [0.4, 0.5) is 10.5 Å². The first-order chi connectivity index (χ1) is 14.5. The molecule has 0 aliphatic heterocycles. The summed E-state index contributed by atoms with van der Waals surface area (Å²) in [5, 5.41) is 13.9. The number of nitrogens with one attached hydrogen (secondary N) is 2. The predicted octanol–water partition coefficient (Wildman–Crippen LogP) is 3.61. The molecule has 31 heavy (non-hydrogen) atoms. The number of aliphatic carboxylic acids is 1. The number of anilines is 1. The molecule has 2 aromatic carbocycles. The lowest BCUT2D eigenvalue weighted by Gasteiger charge is -2.18. The van der Waals surface area contributed by atoms with Crippen molar-refractivity contribution < 1.29 is 23.1 Å². The van der Waals surface area contributed by atoms with Crippen LogP contribution in [0, 0.1) is 5.92 Å². The summed E-state index contributed by atoms with van der Waals surface area (Å²) in [6.07, 6.45) is 0. The molecule has 0 saturated heterocycles. The molecule has 1 aromatic heterocycles. The topological polar surface area (TPSA) is 116 Å². The lowest BCUT2D eigenvalue weighted by Crippen LogP contribution is -2.44. The van der Waals surface area contributed by atoms with Gasteiger partial charge in [0.15, 0.2) is 0 Å². The highest BCUT2D eigenvalue weighted by atomic mass is 32.2. The van der Waals surface area contributed by atoms with Gasteiger partial charge in [0.25, 0.3) is 0 Å². The summed E-state index contributed by atoms with van der Waals surface area (Å²) >= 11 is 1.41. The second-order valence-electron chi connectivity index (χ2n) is 7.52. The Balaban J connectivity index is 1.99. The van der Waals surface area contributed by atoms with Crippen molar-refractivity contribution in [3.05, 3.63) is 36.4 Å². The Morgan fingerprint density at radius 1 is 1.10 bits per heavy atom. The van der Waals surface area contributed by atoms with Gasteiger partial charge in [0.2, 0.25) is 10.0 Å². The summed E-state index contributed by atoms with van der Waals surface area (Å²) in [6.45, 7) is 5.66. The monoisotopic (exact) mass is 463 g/mol.